The summed E-state index contributed by atoms with van der Waals surface area (Å²) in [4.78, 5) is 24.7. The maximum absolute atomic E-state index is 11.5. The van der Waals surface area contributed by atoms with Gasteiger partial charge in [-0.05, 0) is 87.9 Å². The predicted octanol–water partition coefficient (Wildman–Crippen LogP) is 6.12. The molecule has 26 heavy (non-hydrogen) atoms. The van der Waals surface area contributed by atoms with E-state index in [1.807, 2.05) is 42.5 Å². The first-order chi connectivity index (χ1) is 12.6. The zero-order valence-corrected chi connectivity index (χ0v) is 15.6. The Morgan fingerprint density at radius 2 is 1.15 bits per heavy atom. The summed E-state index contributed by atoms with van der Waals surface area (Å²) in [6.45, 7) is 6.98. The van der Waals surface area contributed by atoms with Gasteiger partial charge in [0, 0.05) is 9.79 Å². The van der Waals surface area contributed by atoms with Crippen LogP contribution in [-0.4, -0.2) is 10.2 Å². The van der Waals surface area contributed by atoms with E-state index in [4.69, 9.17) is 0 Å². The molecule has 0 spiro atoms. The Morgan fingerprint density at radius 1 is 0.654 bits per heavy atom. The van der Waals surface area contributed by atoms with Gasteiger partial charge in [-0.25, -0.2) is 0 Å². The van der Waals surface area contributed by atoms with Crippen molar-refractivity contribution in [2.45, 2.75) is 9.79 Å². The van der Waals surface area contributed by atoms with E-state index in [2.05, 4.69) is 31.4 Å². The van der Waals surface area contributed by atoms with Gasteiger partial charge < -0.3 is 0 Å². The molecule has 0 radical (unpaired) electrons. The first-order valence-electron chi connectivity index (χ1n) is 7.92. The SMILES string of the molecule is C=CC(=O)Sc1ccc(-c2ccc3cc(SC(=O)C=C)ccc3c2)cc1. The van der Waals surface area contributed by atoms with Gasteiger partial charge in [0.15, 0.2) is 0 Å². The molecule has 128 valence electrons. The molecule has 0 atom stereocenters. The standard InChI is InChI=1S/C22H16O2S2/c1-3-21(23)25-19-10-7-15(8-11-19)16-5-6-18-14-20(26-22(24)4-2)12-9-17(18)13-16/h3-14H,1-2H2. The first-order valence-corrected chi connectivity index (χ1v) is 9.55. The summed E-state index contributed by atoms with van der Waals surface area (Å²) >= 11 is 2.34. The molecule has 0 N–H and O–H groups in total. The van der Waals surface area contributed by atoms with Gasteiger partial charge in [-0.3, -0.25) is 9.59 Å². The molecule has 3 aromatic carbocycles. The molecule has 2 nitrogen and oxygen atoms in total. The molecule has 0 amide bonds. The van der Waals surface area contributed by atoms with Gasteiger partial charge in [-0.15, -0.1) is 0 Å². The summed E-state index contributed by atoms with van der Waals surface area (Å²) in [5.74, 6) is 0. The smallest absolute Gasteiger partial charge is 0.216 e. The number of carbonyl (C=O) groups excluding carboxylic acids is 2. The van der Waals surface area contributed by atoms with Crippen LogP contribution in [0.3, 0.4) is 0 Å². The molecule has 4 heteroatoms. The molecule has 0 aromatic heterocycles. The van der Waals surface area contributed by atoms with Gasteiger partial charge >= 0.3 is 0 Å². The highest BCUT2D eigenvalue weighted by Gasteiger charge is 2.05. The van der Waals surface area contributed by atoms with Crippen LogP contribution in [0.4, 0.5) is 0 Å². The van der Waals surface area contributed by atoms with Gasteiger partial charge in [0.2, 0.25) is 10.2 Å². The van der Waals surface area contributed by atoms with E-state index in [9.17, 15) is 9.59 Å². The minimum Gasteiger partial charge on any atom is -0.282 e. The van der Waals surface area contributed by atoms with Gasteiger partial charge in [0.25, 0.3) is 0 Å². The molecule has 3 rings (SSSR count). The van der Waals surface area contributed by atoms with Crippen molar-refractivity contribution in [1.82, 2.24) is 0 Å². The number of carbonyl (C=O) groups is 2. The van der Waals surface area contributed by atoms with E-state index in [-0.39, 0.29) is 10.2 Å². The average Bonchev–Trinajstić information content (AvgIpc) is 2.68. The van der Waals surface area contributed by atoms with Crippen LogP contribution >= 0.6 is 23.5 Å². The average molecular weight is 377 g/mol. The molecular formula is C22H16O2S2. The number of hydrogen-bond acceptors (Lipinski definition) is 4. The van der Waals surface area contributed by atoms with E-state index in [1.54, 1.807) is 0 Å². The lowest BCUT2D eigenvalue weighted by molar-refractivity contribution is -0.107. The van der Waals surface area contributed by atoms with Gasteiger partial charge in [-0.1, -0.05) is 43.5 Å². The van der Waals surface area contributed by atoms with Crippen LogP contribution in [0.2, 0.25) is 0 Å². The number of benzene rings is 3. The van der Waals surface area contributed by atoms with Crippen LogP contribution in [0.15, 0.2) is 95.8 Å². The van der Waals surface area contributed by atoms with Crippen molar-refractivity contribution in [2.24, 2.45) is 0 Å². The second-order valence-corrected chi connectivity index (χ2v) is 7.65. The summed E-state index contributed by atoms with van der Waals surface area (Å²) in [6, 6.07) is 20.1. The summed E-state index contributed by atoms with van der Waals surface area (Å²) in [5, 5.41) is 2.07. The molecule has 0 aliphatic carbocycles. The lowest BCUT2D eigenvalue weighted by Gasteiger charge is -2.07. The van der Waals surface area contributed by atoms with Crippen molar-refractivity contribution in [1.29, 1.82) is 0 Å². The Balaban J connectivity index is 1.85. The molecule has 0 heterocycles. The van der Waals surface area contributed by atoms with E-state index >= 15 is 0 Å². The minimum absolute atomic E-state index is 0.0612. The Labute approximate surface area is 161 Å². The summed E-state index contributed by atoms with van der Waals surface area (Å²) in [5.41, 5.74) is 2.19. The highest BCUT2D eigenvalue weighted by atomic mass is 32.2. The molecule has 0 aliphatic rings. The number of thioether (sulfide) groups is 2. The molecule has 0 bridgehead atoms. The quantitative estimate of drug-likeness (QED) is 0.397. The number of fused-ring (bicyclic) bond motifs is 1. The summed E-state index contributed by atoms with van der Waals surface area (Å²) < 4.78 is 0. The lowest BCUT2D eigenvalue weighted by Crippen LogP contribution is -1.85. The molecule has 0 aliphatic heterocycles. The van der Waals surface area contributed by atoms with Crippen LogP contribution in [0.25, 0.3) is 21.9 Å². The maximum atomic E-state index is 11.5. The summed E-state index contributed by atoms with van der Waals surface area (Å²) in [6.07, 6.45) is 2.64. The molecule has 0 unspecified atom stereocenters. The van der Waals surface area contributed by atoms with Crippen LogP contribution in [-0.2, 0) is 9.59 Å². The van der Waals surface area contributed by atoms with Crippen molar-refractivity contribution in [3.8, 4) is 11.1 Å². The highest BCUT2D eigenvalue weighted by molar-refractivity contribution is 8.14. The largest absolute Gasteiger partial charge is 0.282 e. The fourth-order valence-corrected chi connectivity index (χ4v) is 3.72. The second-order valence-electron chi connectivity index (χ2n) is 5.50. The van der Waals surface area contributed by atoms with Crippen LogP contribution in [0.5, 0.6) is 0 Å². The third-order valence-corrected chi connectivity index (χ3v) is 5.50. The molecule has 0 saturated carbocycles. The van der Waals surface area contributed by atoms with Crippen LogP contribution < -0.4 is 0 Å². The van der Waals surface area contributed by atoms with Crippen LogP contribution in [0, 0.1) is 0 Å². The Kier molecular flexibility index (Phi) is 5.76. The third-order valence-electron chi connectivity index (χ3n) is 3.77. The predicted molar refractivity (Wildman–Crippen MR) is 112 cm³/mol. The van der Waals surface area contributed by atoms with E-state index in [0.717, 1.165) is 43.5 Å². The summed E-state index contributed by atoms with van der Waals surface area (Å²) in [7, 11) is 0. The van der Waals surface area contributed by atoms with E-state index in [0.29, 0.717) is 0 Å². The van der Waals surface area contributed by atoms with Gasteiger partial charge in [0.1, 0.15) is 0 Å². The van der Waals surface area contributed by atoms with Crippen molar-refractivity contribution in [3.63, 3.8) is 0 Å². The molecule has 3 aromatic rings. The third kappa shape index (κ3) is 4.34. The number of rotatable bonds is 5. The Bertz CT molecular complexity index is 1000. The Hall–Kier alpha value is -2.56. The van der Waals surface area contributed by atoms with Crippen molar-refractivity contribution in [3.05, 3.63) is 86.0 Å². The number of hydrogen-bond donors (Lipinski definition) is 0. The van der Waals surface area contributed by atoms with Gasteiger partial charge in [-0.2, -0.15) is 0 Å². The molecule has 0 fully saturated rings. The van der Waals surface area contributed by atoms with Crippen molar-refractivity contribution >= 4 is 44.5 Å². The first kappa shape index (κ1) is 18.2. The second kappa shape index (κ2) is 8.21. The van der Waals surface area contributed by atoms with Crippen molar-refractivity contribution < 1.29 is 9.59 Å². The maximum Gasteiger partial charge on any atom is 0.216 e. The zero-order valence-electron chi connectivity index (χ0n) is 14.0. The van der Waals surface area contributed by atoms with Gasteiger partial charge in [0.05, 0.1) is 0 Å². The monoisotopic (exact) mass is 376 g/mol. The van der Waals surface area contributed by atoms with Crippen LogP contribution in [0.1, 0.15) is 0 Å². The Morgan fingerprint density at radius 3 is 1.81 bits per heavy atom. The fraction of sp³-hybridized carbons (Fsp3) is 0. The molecule has 0 saturated heterocycles. The zero-order chi connectivity index (χ0) is 18.5. The van der Waals surface area contributed by atoms with E-state index < -0.39 is 0 Å². The highest BCUT2D eigenvalue weighted by Crippen LogP contribution is 2.30. The topological polar surface area (TPSA) is 34.1 Å². The normalized spacial score (nSPS) is 10.5. The molecular weight excluding hydrogens is 360 g/mol. The fourth-order valence-electron chi connectivity index (χ4n) is 2.50. The van der Waals surface area contributed by atoms with Crippen molar-refractivity contribution in [2.75, 3.05) is 0 Å². The lowest BCUT2D eigenvalue weighted by atomic mass is 10.0. The minimum atomic E-state index is -0.0629. The van der Waals surface area contributed by atoms with E-state index in [1.165, 1.54) is 23.9 Å².